The third-order valence-electron chi connectivity index (χ3n) is 5.20. The van der Waals surface area contributed by atoms with Gasteiger partial charge in [0.15, 0.2) is 0 Å². The Bertz CT molecular complexity index is 401. The van der Waals surface area contributed by atoms with E-state index in [2.05, 4.69) is 4.90 Å². The molecule has 0 unspecified atom stereocenters. The molecule has 0 spiro atoms. The summed E-state index contributed by atoms with van der Waals surface area (Å²) < 4.78 is 25.3. The Balaban J connectivity index is 1.58. The van der Waals surface area contributed by atoms with Crippen molar-refractivity contribution in [2.24, 2.45) is 11.8 Å². The molecule has 2 bridgehead atoms. The fraction of sp³-hybridized carbons (Fsp3) is 1.00. The first-order valence-corrected chi connectivity index (χ1v) is 8.93. The molecule has 2 saturated carbocycles. The summed E-state index contributed by atoms with van der Waals surface area (Å²) in [6, 6.07) is 0.759. The lowest BCUT2D eigenvalue weighted by Gasteiger charge is -2.40. The van der Waals surface area contributed by atoms with Crippen molar-refractivity contribution in [3.63, 3.8) is 0 Å². The number of nitrogens with zero attached hydrogens (tertiary/aromatic N) is 2. The average molecular weight is 272 g/mol. The molecule has 18 heavy (non-hydrogen) atoms. The second-order valence-corrected chi connectivity index (χ2v) is 8.34. The Morgan fingerprint density at radius 2 is 1.78 bits per heavy atom. The van der Waals surface area contributed by atoms with Gasteiger partial charge in [-0.15, -0.1) is 0 Å². The summed E-state index contributed by atoms with van der Waals surface area (Å²) in [7, 11) is -2.97. The Morgan fingerprint density at radius 3 is 2.28 bits per heavy atom. The zero-order valence-electron chi connectivity index (χ0n) is 11.2. The second-order valence-electron chi connectivity index (χ2n) is 6.08. The maximum absolute atomic E-state index is 11.8. The summed E-state index contributed by atoms with van der Waals surface area (Å²) in [6.07, 6.45) is 5.64. The quantitative estimate of drug-likeness (QED) is 0.773. The van der Waals surface area contributed by atoms with Crippen molar-refractivity contribution >= 4 is 10.0 Å². The van der Waals surface area contributed by atoms with Gasteiger partial charge in [0.1, 0.15) is 0 Å². The van der Waals surface area contributed by atoms with Gasteiger partial charge in [0, 0.05) is 32.2 Å². The van der Waals surface area contributed by atoms with E-state index in [1.165, 1.54) is 25.7 Å². The van der Waals surface area contributed by atoms with Gasteiger partial charge in [0.2, 0.25) is 10.0 Å². The van der Waals surface area contributed by atoms with Crippen LogP contribution in [0.5, 0.6) is 0 Å². The number of hydrogen-bond acceptors (Lipinski definition) is 3. The molecule has 0 N–H and O–H groups in total. The van der Waals surface area contributed by atoms with Crippen LogP contribution in [0.25, 0.3) is 0 Å². The van der Waals surface area contributed by atoms with Gasteiger partial charge < -0.3 is 0 Å². The summed E-state index contributed by atoms with van der Waals surface area (Å²) in [6.45, 7) is 5.01. The SMILES string of the molecule is CCS(=O)(=O)N1CCN([C@@H]2C[C@H]3CC[C@H]2C3)CC1. The molecule has 0 amide bonds. The summed E-state index contributed by atoms with van der Waals surface area (Å²) in [5.74, 6) is 2.11. The third kappa shape index (κ3) is 2.21. The van der Waals surface area contributed by atoms with Gasteiger partial charge in [-0.05, 0) is 38.0 Å². The molecule has 1 heterocycles. The maximum Gasteiger partial charge on any atom is 0.213 e. The van der Waals surface area contributed by atoms with Gasteiger partial charge in [-0.3, -0.25) is 4.90 Å². The van der Waals surface area contributed by atoms with E-state index in [0.717, 1.165) is 31.0 Å². The van der Waals surface area contributed by atoms with E-state index < -0.39 is 10.0 Å². The van der Waals surface area contributed by atoms with Gasteiger partial charge >= 0.3 is 0 Å². The Hall–Kier alpha value is -0.130. The number of sulfonamides is 1. The molecular formula is C13H24N2O2S. The van der Waals surface area contributed by atoms with Crippen LogP contribution in [0.15, 0.2) is 0 Å². The van der Waals surface area contributed by atoms with Crippen molar-refractivity contribution < 1.29 is 8.42 Å². The van der Waals surface area contributed by atoms with Crippen molar-refractivity contribution in [2.45, 2.75) is 38.6 Å². The van der Waals surface area contributed by atoms with E-state index in [1.54, 1.807) is 11.2 Å². The molecule has 1 aliphatic heterocycles. The summed E-state index contributed by atoms with van der Waals surface area (Å²) in [4.78, 5) is 2.56. The summed E-state index contributed by atoms with van der Waals surface area (Å²) in [5, 5.41) is 0. The van der Waals surface area contributed by atoms with Gasteiger partial charge in [0.05, 0.1) is 5.75 Å². The molecule has 3 fully saturated rings. The molecule has 0 aromatic carbocycles. The Morgan fingerprint density at radius 1 is 1.06 bits per heavy atom. The normalized spacial score (nSPS) is 38.4. The zero-order chi connectivity index (χ0) is 12.8. The van der Waals surface area contributed by atoms with Crippen LogP contribution in [0.4, 0.5) is 0 Å². The van der Waals surface area contributed by atoms with Crippen LogP contribution in [0.1, 0.15) is 32.6 Å². The highest BCUT2D eigenvalue weighted by atomic mass is 32.2. The molecule has 0 aromatic rings. The van der Waals surface area contributed by atoms with Crippen LogP contribution in [0.2, 0.25) is 0 Å². The molecule has 3 rings (SSSR count). The standard InChI is InChI=1S/C13H24N2O2S/c1-2-18(16,17)15-7-5-14(6-8-15)13-10-11-3-4-12(13)9-11/h11-13H,2-10H2,1H3/t11-,12-,13+/m0/s1. The lowest BCUT2D eigenvalue weighted by molar-refractivity contribution is 0.101. The first-order chi connectivity index (χ1) is 8.60. The van der Waals surface area contributed by atoms with Crippen LogP contribution in [-0.2, 0) is 10.0 Å². The second kappa shape index (κ2) is 4.76. The van der Waals surface area contributed by atoms with E-state index in [-0.39, 0.29) is 5.75 Å². The molecular weight excluding hydrogens is 248 g/mol. The van der Waals surface area contributed by atoms with Crippen molar-refractivity contribution in [3.05, 3.63) is 0 Å². The van der Waals surface area contributed by atoms with Gasteiger partial charge in [-0.1, -0.05) is 6.42 Å². The van der Waals surface area contributed by atoms with Crippen LogP contribution in [0.3, 0.4) is 0 Å². The fourth-order valence-electron chi connectivity index (χ4n) is 4.15. The first kappa shape index (κ1) is 12.9. The number of fused-ring (bicyclic) bond motifs is 2. The lowest BCUT2D eigenvalue weighted by Crippen LogP contribution is -2.53. The minimum atomic E-state index is -2.97. The molecule has 3 aliphatic rings. The Kier molecular flexibility index (Phi) is 3.41. The molecule has 104 valence electrons. The van der Waals surface area contributed by atoms with Crippen LogP contribution < -0.4 is 0 Å². The minimum absolute atomic E-state index is 0.237. The van der Waals surface area contributed by atoms with Gasteiger partial charge in [-0.25, -0.2) is 8.42 Å². The number of rotatable bonds is 3. The van der Waals surface area contributed by atoms with E-state index >= 15 is 0 Å². The maximum atomic E-state index is 11.8. The smallest absolute Gasteiger partial charge is 0.213 e. The van der Waals surface area contributed by atoms with Crippen LogP contribution in [0, 0.1) is 11.8 Å². The van der Waals surface area contributed by atoms with Crippen molar-refractivity contribution in [1.82, 2.24) is 9.21 Å². The minimum Gasteiger partial charge on any atom is -0.297 e. The molecule has 1 saturated heterocycles. The topological polar surface area (TPSA) is 40.6 Å². The zero-order valence-corrected chi connectivity index (χ0v) is 12.0. The highest BCUT2D eigenvalue weighted by molar-refractivity contribution is 7.89. The summed E-state index contributed by atoms with van der Waals surface area (Å²) in [5.41, 5.74) is 0. The van der Waals surface area contributed by atoms with E-state index in [4.69, 9.17) is 0 Å². The Labute approximate surface area is 110 Å². The number of piperazine rings is 1. The highest BCUT2D eigenvalue weighted by Gasteiger charge is 2.43. The molecule has 0 radical (unpaired) electrons. The van der Waals surface area contributed by atoms with Crippen molar-refractivity contribution in [3.8, 4) is 0 Å². The van der Waals surface area contributed by atoms with E-state index in [9.17, 15) is 8.42 Å². The van der Waals surface area contributed by atoms with E-state index in [1.807, 2.05) is 0 Å². The molecule has 2 aliphatic carbocycles. The lowest BCUT2D eigenvalue weighted by atomic mass is 9.93. The largest absolute Gasteiger partial charge is 0.297 e. The van der Waals surface area contributed by atoms with E-state index in [0.29, 0.717) is 13.1 Å². The number of hydrogen-bond donors (Lipinski definition) is 0. The van der Waals surface area contributed by atoms with Crippen LogP contribution >= 0.6 is 0 Å². The van der Waals surface area contributed by atoms with Gasteiger partial charge in [-0.2, -0.15) is 4.31 Å². The predicted molar refractivity (Wildman–Crippen MR) is 71.8 cm³/mol. The van der Waals surface area contributed by atoms with Crippen LogP contribution in [-0.4, -0.2) is 55.6 Å². The molecule has 3 atom stereocenters. The molecule has 0 aromatic heterocycles. The highest BCUT2D eigenvalue weighted by Crippen LogP contribution is 2.46. The third-order valence-corrected chi connectivity index (χ3v) is 7.08. The summed E-state index contributed by atoms with van der Waals surface area (Å²) >= 11 is 0. The monoisotopic (exact) mass is 272 g/mol. The van der Waals surface area contributed by atoms with Crippen molar-refractivity contribution in [1.29, 1.82) is 0 Å². The fourth-order valence-corrected chi connectivity index (χ4v) is 5.24. The molecule has 5 heteroatoms. The van der Waals surface area contributed by atoms with Crippen molar-refractivity contribution in [2.75, 3.05) is 31.9 Å². The predicted octanol–water partition coefficient (Wildman–Crippen LogP) is 1.14. The van der Waals surface area contributed by atoms with Gasteiger partial charge in [0.25, 0.3) is 0 Å². The molecule has 4 nitrogen and oxygen atoms in total. The average Bonchev–Trinajstić information content (AvgIpc) is 3.01. The first-order valence-electron chi connectivity index (χ1n) is 7.32.